The molecule has 6 nitrogen and oxygen atoms in total. The predicted octanol–water partition coefficient (Wildman–Crippen LogP) is 4.36. The van der Waals surface area contributed by atoms with Crippen LogP contribution in [-0.4, -0.2) is 10.8 Å². The Morgan fingerprint density at radius 2 is 1.65 bits per heavy atom. The van der Waals surface area contributed by atoms with E-state index in [1.54, 1.807) is 6.07 Å². The lowest BCUT2D eigenvalue weighted by molar-refractivity contribution is -0.384. The van der Waals surface area contributed by atoms with E-state index in [9.17, 15) is 10.1 Å². The van der Waals surface area contributed by atoms with Gasteiger partial charge in [-0.1, -0.05) is 65.8 Å². The number of rotatable bonds is 4. The van der Waals surface area contributed by atoms with Gasteiger partial charge in [-0.3, -0.25) is 10.1 Å². The van der Waals surface area contributed by atoms with Gasteiger partial charge in [0, 0.05) is 18.2 Å². The molecule has 0 N–H and O–H groups in total. The molecule has 0 saturated carbocycles. The lowest BCUT2D eigenvalue weighted by atomic mass is 10.1. The van der Waals surface area contributed by atoms with E-state index in [2.05, 4.69) is 5.16 Å². The molecule has 3 aromatic rings. The van der Waals surface area contributed by atoms with E-state index in [1.165, 1.54) is 12.1 Å². The number of non-ortho nitro benzene ring substituents is 1. The molecule has 0 atom stereocenters. The van der Waals surface area contributed by atoms with Gasteiger partial charge in [0.2, 0.25) is 0 Å². The van der Waals surface area contributed by atoms with Gasteiger partial charge in [0.15, 0.2) is 11.6 Å². The maximum Gasteiger partial charge on any atom is 0.273 e. The maximum absolute atomic E-state index is 11.0. The van der Waals surface area contributed by atoms with Crippen molar-refractivity contribution in [1.82, 2.24) is 0 Å². The minimum absolute atomic E-state index is 0.0261. The Labute approximate surface area is 150 Å². The second kappa shape index (κ2) is 6.68. The van der Waals surface area contributed by atoms with Crippen molar-refractivity contribution < 1.29 is 9.76 Å². The number of fused-ring (bicyclic) bond motifs is 1. The van der Waals surface area contributed by atoms with E-state index in [4.69, 9.17) is 4.84 Å². The van der Waals surface area contributed by atoms with Crippen molar-refractivity contribution in [2.24, 2.45) is 5.16 Å². The highest BCUT2D eigenvalue weighted by atomic mass is 16.6. The molecule has 3 aromatic carbocycles. The van der Waals surface area contributed by atoms with E-state index in [1.807, 2.05) is 65.6 Å². The second-order valence-electron chi connectivity index (χ2n) is 5.85. The highest BCUT2D eigenvalue weighted by molar-refractivity contribution is 6.11. The van der Waals surface area contributed by atoms with Gasteiger partial charge >= 0.3 is 0 Å². The smallest absolute Gasteiger partial charge is 0.273 e. The van der Waals surface area contributed by atoms with E-state index < -0.39 is 4.92 Å². The van der Waals surface area contributed by atoms with Crippen LogP contribution in [0.4, 0.5) is 11.4 Å². The third-order valence-corrected chi connectivity index (χ3v) is 4.15. The van der Waals surface area contributed by atoms with Crippen LogP contribution in [0.5, 0.6) is 5.75 Å². The Morgan fingerprint density at radius 1 is 0.962 bits per heavy atom. The fourth-order valence-electron chi connectivity index (χ4n) is 2.89. The molecule has 6 heteroatoms. The van der Waals surface area contributed by atoms with Crippen molar-refractivity contribution in [3.05, 3.63) is 100 Å². The Morgan fingerprint density at radius 3 is 2.35 bits per heavy atom. The first-order valence-corrected chi connectivity index (χ1v) is 8.13. The topological polar surface area (TPSA) is 68.0 Å². The van der Waals surface area contributed by atoms with Crippen LogP contribution >= 0.6 is 0 Å². The summed E-state index contributed by atoms with van der Waals surface area (Å²) in [5.41, 5.74) is 2.73. The molecule has 128 valence electrons. The molecule has 0 aliphatic carbocycles. The van der Waals surface area contributed by atoms with Crippen molar-refractivity contribution in [2.45, 2.75) is 6.54 Å². The van der Waals surface area contributed by atoms with Crippen LogP contribution in [0, 0.1) is 10.1 Å². The van der Waals surface area contributed by atoms with Crippen molar-refractivity contribution >= 4 is 17.2 Å². The highest BCUT2D eigenvalue weighted by Crippen LogP contribution is 2.37. The molecule has 0 saturated heterocycles. The molecule has 0 fully saturated rings. The van der Waals surface area contributed by atoms with Gasteiger partial charge < -0.3 is 9.74 Å². The summed E-state index contributed by atoms with van der Waals surface area (Å²) in [5, 5.41) is 15.3. The molecule has 26 heavy (non-hydrogen) atoms. The van der Waals surface area contributed by atoms with Crippen LogP contribution in [0.1, 0.15) is 11.1 Å². The predicted molar refractivity (Wildman–Crippen MR) is 99.3 cm³/mol. The summed E-state index contributed by atoms with van der Waals surface area (Å²) in [6.45, 7) is 0.572. The number of hydrogen-bond acceptors (Lipinski definition) is 5. The highest BCUT2D eigenvalue weighted by Gasteiger charge is 2.26. The third-order valence-electron chi connectivity index (χ3n) is 4.15. The lowest BCUT2D eigenvalue weighted by Gasteiger charge is -2.30. The zero-order valence-electron chi connectivity index (χ0n) is 13.8. The van der Waals surface area contributed by atoms with Crippen LogP contribution < -0.4 is 9.74 Å². The Kier molecular flexibility index (Phi) is 4.07. The normalized spacial score (nSPS) is 12.8. The van der Waals surface area contributed by atoms with Crippen LogP contribution in [0.25, 0.3) is 0 Å². The minimum Gasteiger partial charge on any atom is -0.352 e. The van der Waals surface area contributed by atoms with E-state index in [0.717, 1.165) is 16.8 Å². The van der Waals surface area contributed by atoms with Crippen LogP contribution in [0.2, 0.25) is 0 Å². The molecule has 4 rings (SSSR count). The summed E-state index contributed by atoms with van der Waals surface area (Å²) in [4.78, 5) is 18.1. The number of oxime groups is 1. The van der Waals surface area contributed by atoms with E-state index >= 15 is 0 Å². The summed E-state index contributed by atoms with van der Waals surface area (Å²) < 4.78 is 0. The molecular formula is C20H15N3O3. The fourth-order valence-corrected chi connectivity index (χ4v) is 2.89. The minimum atomic E-state index is -0.443. The molecule has 0 spiro atoms. The van der Waals surface area contributed by atoms with E-state index in [0.29, 0.717) is 18.1 Å². The monoisotopic (exact) mass is 345 g/mol. The fraction of sp³-hybridized carbons (Fsp3) is 0.0500. The summed E-state index contributed by atoms with van der Waals surface area (Å²) in [7, 11) is 0. The number of nitrogens with zero attached hydrogens (tertiary/aromatic N) is 3. The molecule has 0 unspecified atom stereocenters. The Hall–Kier alpha value is -3.67. The van der Waals surface area contributed by atoms with Crippen molar-refractivity contribution in [3.63, 3.8) is 0 Å². The molecule has 0 radical (unpaired) electrons. The van der Waals surface area contributed by atoms with Crippen molar-refractivity contribution in [3.8, 4) is 5.75 Å². The molecule has 1 aliphatic rings. The van der Waals surface area contributed by atoms with E-state index in [-0.39, 0.29) is 5.69 Å². The first-order chi connectivity index (χ1) is 12.7. The molecule has 0 amide bonds. The van der Waals surface area contributed by atoms with Crippen molar-refractivity contribution in [2.75, 3.05) is 4.90 Å². The van der Waals surface area contributed by atoms with Crippen molar-refractivity contribution in [1.29, 1.82) is 0 Å². The maximum atomic E-state index is 11.0. The molecule has 1 aliphatic heterocycles. The van der Waals surface area contributed by atoms with Crippen LogP contribution in [0.3, 0.4) is 0 Å². The van der Waals surface area contributed by atoms with Gasteiger partial charge in [-0.2, -0.15) is 0 Å². The average Bonchev–Trinajstić information content (AvgIpc) is 2.69. The summed E-state index contributed by atoms with van der Waals surface area (Å²) in [5.74, 6) is 1.03. The number of nitro groups is 1. The summed E-state index contributed by atoms with van der Waals surface area (Å²) in [6.07, 6.45) is 0. The number of amidine groups is 1. The second-order valence-corrected chi connectivity index (χ2v) is 5.85. The third kappa shape index (κ3) is 3.00. The number of hydrogen-bond donors (Lipinski definition) is 0. The number of nitro benzene ring substituents is 1. The van der Waals surface area contributed by atoms with Crippen LogP contribution in [-0.2, 0) is 6.54 Å². The van der Waals surface area contributed by atoms with Crippen LogP contribution in [0.15, 0.2) is 84.0 Å². The summed E-state index contributed by atoms with van der Waals surface area (Å²) >= 11 is 0. The van der Waals surface area contributed by atoms with Gasteiger partial charge in [0.25, 0.3) is 5.69 Å². The zero-order valence-corrected chi connectivity index (χ0v) is 13.8. The summed E-state index contributed by atoms with van der Waals surface area (Å²) in [6, 6.07) is 24.3. The lowest BCUT2D eigenvalue weighted by Crippen LogP contribution is -2.34. The standard InChI is InChI=1S/C20H15N3O3/c24-23(25)17-11-12-18-19(13-17)26-21-20(16-9-5-2-6-10-16)22(18)14-15-7-3-1-4-8-15/h1-13H,14H2. The molecule has 1 heterocycles. The van der Waals surface area contributed by atoms with Gasteiger partial charge in [0.1, 0.15) is 0 Å². The van der Waals surface area contributed by atoms with Gasteiger partial charge in [-0.05, 0) is 11.6 Å². The SMILES string of the molecule is O=[N+]([O-])c1ccc2c(c1)ON=C(c1ccccc1)N2Cc1ccccc1. The Bertz CT molecular complexity index is 972. The molecular weight excluding hydrogens is 330 g/mol. The first kappa shape index (κ1) is 15.8. The van der Waals surface area contributed by atoms with Gasteiger partial charge in [0.05, 0.1) is 16.7 Å². The largest absolute Gasteiger partial charge is 0.352 e. The zero-order chi connectivity index (χ0) is 17.9. The molecule has 0 bridgehead atoms. The average molecular weight is 345 g/mol. The molecule has 0 aromatic heterocycles. The number of benzene rings is 3. The Balaban J connectivity index is 1.79. The van der Waals surface area contributed by atoms with Gasteiger partial charge in [-0.25, -0.2) is 0 Å². The number of anilines is 1. The van der Waals surface area contributed by atoms with Gasteiger partial charge in [-0.15, -0.1) is 0 Å². The quantitative estimate of drug-likeness (QED) is 0.520. The first-order valence-electron chi connectivity index (χ1n) is 8.13.